The number of hydrogen-bond acceptors (Lipinski definition) is 5. The van der Waals surface area contributed by atoms with Gasteiger partial charge in [-0.1, -0.05) is 18.9 Å². The van der Waals surface area contributed by atoms with E-state index in [0.717, 1.165) is 36.9 Å². The molecule has 1 aromatic rings. The third-order valence-electron chi connectivity index (χ3n) is 5.28. The van der Waals surface area contributed by atoms with E-state index in [9.17, 15) is 19.8 Å². The molecule has 3 rings (SSSR count). The minimum atomic E-state index is -1.26. The number of nitrogens with zero attached hydrogens (tertiary/aromatic N) is 1. The van der Waals surface area contributed by atoms with Gasteiger partial charge < -0.3 is 15.5 Å². The van der Waals surface area contributed by atoms with Gasteiger partial charge in [0.2, 0.25) is 5.91 Å². The number of nitrogens with one attached hydrogen (secondary N) is 2. The number of hydrogen-bond donors (Lipinski definition) is 4. The lowest BCUT2D eigenvalue weighted by Crippen LogP contribution is -2.57. The fourth-order valence-electron chi connectivity index (χ4n) is 3.91. The van der Waals surface area contributed by atoms with Crippen LogP contribution < -0.4 is 10.6 Å². The number of carbonyl (C=O) groups excluding carboxylic acids is 1. The number of carboxylic acids is 1. The summed E-state index contributed by atoms with van der Waals surface area (Å²) in [7, 11) is 0. The van der Waals surface area contributed by atoms with E-state index in [1.807, 2.05) is 0 Å². The second-order valence-electron chi connectivity index (χ2n) is 7.88. The van der Waals surface area contributed by atoms with Gasteiger partial charge in [-0.3, -0.25) is 15.1 Å². The molecule has 0 bridgehead atoms. The van der Waals surface area contributed by atoms with Gasteiger partial charge in [-0.15, -0.1) is 0 Å². The van der Waals surface area contributed by atoms with E-state index in [0.29, 0.717) is 12.0 Å². The summed E-state index contributed by atoms with van der Waals surface area (Å²) in [6.45, 7) is 3.46. The second-order valence-corrected chi connectivity index (χ2v) is 7.88. The van der Waals surface area contributed by atoms with Gasteiger partial charge in [-0.25, -0.2) is 4.79 Å². The van der Waals surface area contributed by atoms with Gasteiger partial charge in [0.15, 0.2) is 0 Å². The maximum Gasteiger partial charge on any atom is 0.336 e. The number of fused-ring (bicyclic) bond motifs is 1. The Morgan fingerprint density at radius 2 is 2.04 bits per heavy atom. The number of allylic oxidation sites excluding steroid dienone is 1. The third kappa shape index (κ3) is 4.36. The molecule has 4 N–H and O–H groups in total. The molecule has 0 aromatic carbocycles. The first-order chi connectivity index (χ1) is 12.8. The largest absolute Gasteiger partial charge is 0.478 e. The van der Waals surface area contributed by atoms with Crippen LogP contribution in [0, 0.1) is 0 Å². The molecular weight excluding hydrogens is 346 g/mol. The first kappa shape index (κ1) is 19.5. The highest BCUT2D eigenvalue weighted by molar-refractivity contribution is 6.17. The molecule has 0 spiro atoms. The predicted molar refractivity (Wildman–Crippen MR) is 101 cm³/mol. The van der Waals surface area contributed by atoms with Gasteiger partial charge in [0.25, 0.3) is 0 Å². The smallest absolute Gasteiger partial charge is 0.336 e. The molecule has 0 aliphatic heterocycles. The van der Waals surface area contributed by atoms with Crippen molar-refractivity contribution in [3.8, 4) is 0 Å². The van der Waals surface area contributed by atoms with E-state index >= 15 is 0 Å². The van der Waals surface area contributed by atoms with Crippen molar-refractivity contribution < 1.29 is 19.8 Å². The molecule has 0 unspecified atom stereocenters. The van der Waals surface area contributed by atoms with Crippen LogP contribution in [0.4, 0.5) is 0 Å². The van der Waals surface area contributed by atoms with Crippen molar-refractivity contribution in [1.29, 1.82) is 0 Å². The van der Waals surface area contributed by atoms with Crippen molar-refractivity contribution in [2.75, 3.05) is 0 Å². The van der Waals surface area contributed by atoms with Crippen LogP contribution in [0.2, 0.25) is 0 Å². The highest BCUT2D eigenvalue weighted by atomic mass is 16.4. The van der Waals surface area contributed by atoms with Crippen LogP contribution in [0.5, 0.6) is 0 Å². The Morgan fingerprint density at radius 1 is 1.33 bits per heavy atom. The van der Waals surface area contributed by atoms with Crippen LogP contribution in [0.1, 0.15) is 56.4 Å². The molecule has 1 atom stereocenters. The Bertz CT molecular complexity index is 761. The summed E-state index contributed by atoms with van der Waals surface area (Å²) in [6, 6.07) is 1.11. The Labute approximate surface area is 158 Å². The normalized spacial score (nSPS) is 18.1. The van der Waals surface area contributed by atoms with Gasteiger partial charge in [0.1, 0.15) is 6.04 Å². The van der Waals surface area contributed by atoms with Crippen molar-refractivity contribution in [1.82, 2.24) is 15.6 Å². The van der Waals surface area contributed by atoms with E-state index in [-0.39, 0.29) is 24.1 Å². The SMILES string of the molecule is CC(C)(O)[C@@H](NCc1ccnc2c1C(C(=O)O)=CC2)C(=O)NC1CCCC1. The van der Waals surface area contributed by atoms with Gasteiger partial charge >= 0.3 is 5.97 Å². The molecule has 0 saturated heterocycles. The quantitative estimate of drug-likeness (QED) is 0.575. The van der Waals surface area contributed by atoms with E-state index in [1.165, 1.54) is 0 Å². The molecule has 146 valence electrons. The number of aromatic nitrogens is 1. The summed E-state index contributed by atoms with van der Waals surface area (Å²) in [5, 5.41) is 26.1. The van der Waals surface area contributed by atoms with Crippen LogP contribution >= 0.6 is 0 Å². The maximum atomic E-state index is 12.7. The molecule has 1 aromatic heterocycles. The average molecular weight is 373 g/mol. The first-order valence-corrected chi connectivity index (χ1v) is 9.44. The van der Waals surface area contributed by atoms with Crippen molar-refractivity contribution >= 4 is 17.4 Å². The van der Waals surface area contributed by atoms with E-state index < -0.39 is 17.6 Å². The number of rotatable bonds is 7. The van der Waals surface area contributed by atoms with Crippen LogP contribution in [0.25, 0.3) is 5.57 Å². The number of carbonyl (C=O) groups is 2. The highest BCUT2D eigenvalue weighted by Gasteiger charge is 2.35. The molecule has 2 aliphatic rings. The zero-order valence-electron chi connectivity index (χ0n) is 15.8. The number of aliphatic hydroxyl groups is 1. The Morgan fingerprint density at radius 3 is 2.67 bits per heavy atom. The number of pyridine rings is 1. The van der Waals surface area contributed by atoms with Gasteiger partial charge in [0, 0.05) is 30.8 Å². The van der Waals surface area contributed by atoms with Crippen molar-refractivity contribution in [2.24, 2.45) is 0 Å². The summed E-state index contributed by atoms with van der Waals surface area (Å²) in [6.07, 6.45) is 7.94. The minimum Gasteiger partial charge on any atom is -0.478 e. The standard InChI is InChI=1S/C20H27N3O4/c1-20(2,27)17(18(24)23-13-5-3-4-6-13)22-11-12-9-10-21-15-8-7-14(16(12)15)19(25)26/h7,9-10,13,17,22,27H,3-6,8,11H2,1-2H3,(H,23,24)(H,25,26)/t17-/m0/s1. The molecular formula is C20H27N3O4. The third-order valence-corrected chi connectivity index (χ3v) is 5.28. The summed E-state index contributed by atoms with van der Waals surface area (Å²) in [4.78, 5) is 28.5. The fourth-order valence-corrected chi connectivity index (χ4v) is 3.91. The molecule has 0 radical (unpaired) electrons. The topological polar surface area (TPSA) is 112 Å². The van der Waals surface area contributed by atoms with E-state index in [1.54, 1.807) is 32.2 Å². The lowest BCUT2D eigenvalue weighted by Gasteiger charge is -2.30. The highest BCUT2D eigenvalue weighted by Crippen LogP contribution is 2.29. The molecule has 7 nitrogen and oxygen atoms in total. The predicted octanol–water partition coefficient (Wildman–Crippen LogP) is 1.39. The summed E-state index contributed by atoms with van der Waals surface area (Å²) >= 11 is 0. The van der Waals surface area contributed by atoms with Crippen molar-refractivity contribution in [2.45, 2.75) is 70.2 Å². The molecule has 1 amide bonds. The van der Waals surface area contributed by atoms with Crippen LogP contribution in [0.15, 0.2) is 18.3 Å². The number of carboxylic acid groups (broad SMARTS) is 1. The molecule has 2 aliphatic carbocycles. The van der Waals surface area contributed by atoms with Crippen molar-refractivity contribution in [3.63, 3.8) is 0 Å². The Kier molecular flexibility index (Phi) is 5.62. The Hall–Kier alpha value is -2.25. The van der Waals surface area contributed by atoms with E-state index in [4.69, 9.17) is 0 Å². The molecule has 27 heavy (non-hydrogen) atoms. The molecule has 1 heterocycles. The summed E-state index contributed by atoms with van der Waals surface area (Å²) in [5.41, 5.74) is 1.08. The van der Waals surface area contributed by atoms with Crippen LogP contribution in [0.3, 0.4) is 0 Å². The van der Waals surface area contributed by atoms with Gasteiger partial charge in [-0.05, 0) is 38.3 Å². The molecule has 1 saturated carbocycles. The minimum absolute atomic E-state index is 0.163. The van der Waals surface area contributed by atoms with Gasteiger partial charge in [-0.2, -0.15) is 0 Å². The average Bonchev–Trinajstić information content (AvgIpc) is 3.23. The maximum absolute atomic E-state index is 12.7. The zero-order chi connectivity index (χ0) is 19.6. The monoisotopic (exact) mass is 373 g/mol. The Balaban J connectivity index is 1.75. The fraction of sp³-hybridized carbons (Fsp3) is 0.550. The zero-order valence-corrected chi connectivity index (χ0v) is 15.8. The van der Waals surface area contributed by atoms with E-state index in [2.05, 4.69) is 15.6 Å². The summed E-state index contributed by atoms with van der Waals surface area (Å²) in [5.74, 6) is -1.21. The molecule has 7 heteroatoms. The lowest BCUT2D eigenvalue weighted by atomic mass is 9.96. The number of aliphatic carboxylic acids is 1. The second kappa shape index (κ2) is 7.78. The lowest BCUT2D eigenvalue weighted by molar-refractivity contribution is -0.131. The molecule has 1 fully saturated rings. The van der Waals surface area contributed by atoms with Crippen molar-refractivity contribution in [3.05, 3.63) is 35.2 Å². The van der Waals surface area contributed by atoms with Crippen LogP contribution in [-0.2, 0) is 22.6 Å². The van der Waals surface area contributed by atoms with Gasteiger partial charge in [0.05, 0.1) is 16.9 Å². The number of amides is 1. The summed E-state index contributed by atoms with van der Waals surface area (Å²) < 4.78 is 0. The van der Waals surface area contributed by atoms with Crippen LogP contribution in [-0.4, -0.2) is 44.8 Å². The first-order valence-electron chi connectivity index (χ1n) is 9.44.